The fourth-order valence-corrected chi connectivity index (χ4v) is 0.225. The maximum atomic E-state index is 10.3. The van der Waals surface area contributed by atoms with E-state index in [0.29, 0.717) is 0 Å². The van der Waals surface area contributed by atoms with E-state index in [0.717, 1.165) is 0 Å². The monoisotopic (exact) mass is 163 g/mol. The van der Waals surface area contributed by atoms with Crippen molar-refractivity contribution in [3.8, 4) is 0 Å². The second kappa shape index (κ2) is 3.84. The lowest BCUT2D eigenvalue weighted by Crippen LogP contribution is -2.33. The Kier molecular flexibility index (Phi) is 3.42. The van der Waals surface area contributed by atoms with E-state index in [-0.39, 0.29) is 5.17 Å². The highest BCUT2D eigenvalue weighted by molar-refractivity contribution is 6.64. The van der Waals surface area contributed by atoms with Crippen molar-refractivity contribution in [1.29, 1.82) is 0 Å². The highest BCUT2D eigenvalue weighted by Crippen LogP contribution is 1.78. The molecule has 0 rings (SSSR count). The van der Waals surface area contributed by atoms with Crippen molar-refractivity contribution >= 4 is 28.6 Å². The summed E-state index contributed by atoms with van der Waals surface area (Å²) >= 11 is 5.21. The molecule has 0 spiro atoms. The van der Waals surface area contributed by atoms with Gasteiger partial charge in [-0.1, -0.05) is 11.6 Å². The van der Waals surface area contributed by atoms with E-state index >= 15 is 0 Å². The number of hydrogen-bond donors (Lipinski definition) is 2. The van der Waals surface area contributed by atoms with Gasteiger partial charge in [-0.2, -0.15) is 5.10 Å². The zero-order valence-electron chi connectivity index (χ0n) is 5.22. The van der Waals surface area contributed by atoms with E-state index in [1.54, 1.807) is 0 Å². The van der Waals surface area contributed by atoms with E-state index in [1.165, 1.54) is 6.92 Å². The molecule has 0 aliphatic carbocycles. The number of carbonyl (C=O) groups excluding carboxylic acids is 2. The van der Waals surface area contributed by atoms with Crippen LogP contribution in [0.4, 0.5) is 0 Å². The molecule has 3 N–H and O–H groups in total. The third-order valence-electron chi connectivity index (χ3n) is 0.535. The smallest absolute Gasteiger partial charge is 0.329 e. The van der Waals surface area contributed by atoms with Crippen LogP contribution in [0.2, 0.25) is 0 Å². The number of nitrogens with one attached hydrogen (secondary N) is 1. The molecule has 0 radical (unpaired) electrons. The van der Waals surface area contributed by atoms with Crippen molar-refractivity contribution in [2.24, 2.45) is 10.8 Å². The Morgan fingerprint density at radius 3 is 2.40 bits per heavy atom. The van der Waals surface area contributed by atoms with Crippen molar-refractivity contribution in [2.45, 2.75) is 6.92 Å². The molecule has 0 bridgehead atoms. The number of primary amides is 1. The van der Waals surface area contributed by atoms with E-state index in [4.69, 9.17) is 11.6 Å². The molecule has 0 heterocycles. The van der Waals surface area contributed by atoms with Gasteiger partial charge in [0.1, 0.15) is 5.17 Å². The number of amides is 2. The summed E-state index contributed by atoms with van der Waals surface area (Å²) in [7, 11) is 0. The average molecular weight is 164 g/mol. The van der Waals surface area contributed by atoms with Crippen LogP contribution < -0.4 is 11.2 Å². The van der Waals surface area contributed by atoms with Crippen LogP contribution in [-0.2, 0) is 9.59 Å². The maximum Gasteiger partial charge on any atom is 0.329 e. The van der Waals surface area contributed by atoms with Gasteiger partial charge in [-0.25, -0.2) is 5.43 Å². The fraction of sp³-hybridized carbons (Fsp3) is 0.250. The molecule has 0 aromatic heterocycles. The van der Waals surface area contributed by atoms with Gasteiger partial charge in [-0.3, -0.25) is 9.59 Å². The SMILES string of the molecule is CC(Cl)=NNC(=O)C(N)=O. The second-order valence-electron chi connectivity index (χ2n) is 1.41. The average Bonchev–Trinajstić information content (AvgIpc) is 1.82. The molecule has 0 atom stereocenters. The summed E-state index contributed by atoms with van der Waals surface area (Å²) < 4.78 is 0. The summed E-state index contributed by atoms with van der Waals surface area (Å²) in [5, 5.41) is 3.35. The van der Waals surface area contributed by atoms with Crippen LogP contribution in [0.3, 0.4) is 0 Å². The molecule has 5 nitrogen and oxygen atoms in total. The second-order valence-corrected chi connectivity index (χ2v) is 1.96. The number of halogens is 1. The molecule has 10 heavy (non-hydrogen) atoms. The Hall–Kier alpha value is -1.10. The molecule has 0 aromatic rings. The van der Waals surface area contributed by atoms with Crippen molar-refractivity contribution in [2.75, 3.05) is 0 Å². The summed E-state index contributed by atoms with van der Waals surface area (Å²) in [6, 6.07) is 0. The molecule has 0 unspecified atom stereocenters. The van der Waals surface area contributed by atoms with Crippen LogP contribution in [0.1, 0.15) is 6.92 Å². The lowest BCUT2D eigenvalue weighted by molar-refractivity contribution is -0.137. The van der Waals surface area contributed by atoms with Crippen molar-refractivity contribution in [3.05, 3.63) is 0 Å². The molecule has 6 heteroatoms. The first-order valence-corrected chi connectivity index (χ1v) is 2.71. The van der Waals surface area contributed by atoms with Gasteiger partial charge in [0, 0.05) is 0 Å². The van der Waals surface area contributed by atoms with Crippen LogP contribution in [-0.4, -0.2) is 17.0 Å². The highest BCUT2D eigenvalue weighted by Gasteiger charge is 2.05. The van der Waals surface area contributed by atoms with Crippen LogP contribution in [0.5, 0.6) is 0 Å². The summed E-state index contributed by atoms with van der Waals surface area (Å²) in [5.41, 5.74) is 6.38. The molecular weight excluding hydrogens is 158 g/mol. The fourth-order valence-electron chi connectivity index (χ4n) is 0.183. The molecular formula is C4H6ClN3O2. The van der Waals surface area contributed by atoms with Crippen molar-refractivity contribution in [3.63, 3.8) is 0 Å². The summed E-state index contributed by atoms with van der Waals surface area (Å²) in [5.74, 6) is -2.08. The summed E-state index contributed by atoms with van der Waals surface area (Å²) in [6.45, 7) is 1.45. The summed E-state index contributed by atoms with van der Waals surface area (Å²) in [6.07, 6.45) is 0. The van der Waals surface area contributed by atoms with E-state index in [1.807, 2.05) is 5.43 Å². The molecule has 0 aliphatic heterocycles. The van der Waals surface area contributed by atoms with Gasteiger partial charge in [0.2, 0.25) is 0 Å². The Labute approximate surface area is 62.2 Å². The maximum absolute atomic E-state index is 10.3. The number of rotatable bonds is 1. The van der Waals surface area contributed by atoms with Crippen molar-refractivity contribution < 1.29 is 9.59 Å². The minimum atomic E-state index is -1.10. The number of nitrogens with zero attached hydrogens (tertiary/aromatic N) is 1. The largest absolute Gasteiger partial charge is 0.361 e. The van der Waals surface area contributed by atoms with Gasteiger partial charge in [-0.05, 0) is 6.92 Å². The van der Waals surface area contributed by atoms with Crippen LogP contribution in [0.15, 0.2) is 5.10 Å². The Balaban J connectivity index is 3.83. The summed E-state index contributed by atoms with van der Waals surface area (Å²) in [4.78, 5) is 20.3. The molecule has 0 aliphatic rings. The van der Waals surface area contributed by atoms with E-state index < -0.39 is 11.8 Å². The lowest BCUT2D eigenvalue weighted by Gasteiger charge is -1.91. The number of hydrogen-bond acceptors (Lipinski definition) is 3. The standard InChI is InChI=1S/C4H6ClN3O2/c1-2(5)7-8-4(10)3(6)9/h1H3,(H2,6,9)(H,8,10). The predicted octanol–water partition coefficient (Wildman–Crippen LogP) is -0.840. The first kappa shape index (κ1) is 8.90. The third-order valence-corrected chi connectivity index (χ3v) is 0.620. The lowest BCUT2D eigenvalue weighted by atomic mass is 10.6. The molecule has 0 fully saturated rings. The van der Waals surface area contributed by atoms with Gasteiger partial charge in [0.15, 0.2) is 0 Å². The number of hydrazone groups is 1. The Morgan fingerprint density at radius 1 is 1.60 bits per heavy atom. The van der Waals surface area contributed by atoms with Gasteiger partial charge in [0.05, 0.1) is 0 Å². The van der Waals surface area contributed by atoms with Gasteiger partial charge in [-0.15, -0.1) is 0 Å². The first-order valence-electron chi connectivity index (χ1n) is 2.33. The van der Waals surface area contributed by atoms with Crippen molar-refractivity contribution in [1.82, 2.24) is 5.43 Å². The minimum absolute atomic E-state index is 0.120. The number of nitrogens with two attached hydrogens (primary N) is 1. The minimum Gasteiger partial charge on any atom is -0.361 e. The molecule has 2 amide bonds. The van der Waals surface area contributed by atoms with Crippen LogP contribution >= 0.6 is 11.6 Å². The molecule has 0 saturated carbocycles. The highest BCUT2D eigenvalue weighted by atomic mass is 35.5. The topological polar surface area (TPSA) is 84.6 Å². The van der Waals surface area contributed by atoms with Crippen LogP contribution in [0, 0.1) is 0 Å². The van der Waals surface area contributed by atoms with E-state index in [2.05, 4.69) is 10.8 Å². The van der Waals surface area contributed by atoms with Gasteiger partial charge in [0.25, 0.3) is 0 Å². The Morgan fingerprint density at radius 2 is 2.10 bits per heavy atom. The number of carbonyl (C=O) groups is 2. The Bertz CT molecular complexity index is 185. The zero-order chi connectivity index (χ0) is 8.15. The zero-order valence-corrected chi connectivity index (χ0v) is 5.97. The normalized spacial score (nSPS) is 10.8. The molecule has 56 valence electrons. The van der Waals surface area contributed by atoms with Gasteiger partial charge >= 0.3 is 11.8 Å². The first-order chi connectivity index (χ1) is 4.54. The van der Waals surface area contributed by atoms with Crippen LogP contribution in [0.25, 0.3) is 0 Å². The van der Waals surface area contributed by atoms with E-state index in [9.17, 15) is 9.59 Å². The molecule has 0 aromatic carbocycles. The predicted molar refractivity (Wildman–Crippen MR) is 36.3 cm³/mol. The van der Waals surface area contributed by atoms with Gasteiger partial charge < -0.3 is 5.73 Å². The quantitative estimate of drug-likeness (QED) is 0.300. The third kappa shape index (κ3) is 3.85. The molecule has 0 saturated heterocycles.